The lowest BCUT2D eigenvalue weighted by Gasteiger charge is -2.13. The third-order valence-corrected chi connectivity index (χ3v) is 3.51. The molecule has 6 heteroatoms. The van der Waals surface area contributed by atoms with Crippen molar-refractivity contribution in [3.8, 4) is 0 Å². The number of allylic oxidation sites excluding steroid dienone is 2. The van der Waals surface area contributed by atoms with Gasteiger partial charge in [-0.05, 0) is 30.7 Å². The van der Waals surface area contributed by atoms with Gasteiger partial charge in [0.25, 0.3) is 0 Å². The van der Waals surface area contributed by atoms with E-state index in [0.717, 1.165) is 16.7 Å². The van der Waals surface area contributed by atoms with Gasteiger partial charge in [0, 0.05) is 35.3 Å². The van der Waals surface area contributed by atoms with Gasteiger partial charge in [-0.1, -0.05) is 23.7 Å². The molecule has 0 unspecified atom stereocenters. The summed E-state index contributed by atoms with van der Waals surface area (Å²) in [5.74, 6) is 0.799. The average Bonchev–Trinajstić information content (AvgIpc) is 2.54. The van der Waals surface area contributed by atoms with E-state index in [2.05, 4.69) is 26.9 Å². The zero-order valence-corrected chi connectivity index (χ0v) is 13.5. The van der Waals surface area contributed by atoms with Crippen LogP contribution in [0.25, 0.3) is 11.1 Å². The molecule has 1 aromatic heterocycles. The number of hydrogen-bond acceptors (Lipinski definition) is 4. The molecule has 0 bridgehead atoms. The van der Waals surface area contributed by atoms with Crippen molar-refractivity contribution in [3.63, 3.8) is 0 Å². The molecule has 0 aliphatic heterocycles. The Bertz CT molecular complexity index is 707. The van der Waals surface area contributed by atoms with Crippen molar-refractivity contribution in [2.45, 2.75) is 6.92 Å². The Kier molecular flexibility index (Phi) is 5.81. The molecular formula is C16H14Cl2N4. The standard InChI is InChI=1S/C16H14Cl2N4/c1-11(22-19-2)15(12-4-6-13(18)7-5-12)14(10-17)16-20-8-3-9-21-16/h3-9H,2,10H2,1H3/b15-14-,22-11-. The van der Waals surface area contributed by atoms with Crippen LogP contribution < -0.4 is 0 Å². The predicted molar refractivity (Wildman–Crippen MR) is 93.7 cm³/mol. The first kappa shape index (κ1) is 16.3. The number of benzene rings is 1. The van der Waals surface area contributed by atoms with E-state index in [9.17, 15) is 0 Å². The van der Waals surface area contributed by atoms with Crippen molar-refractivity contribution in [1.82, 2.24) is 9.97 Å². The quantitative estimate of drug-likeness (QED) is 0.464. The fourth-order valence-corrected chi connectivity index (χ4v) is 2.45. The molecule has 0 fully saturated rings. The molecule has 4 nitrogen and oxygen atoms in total. The van der Waals surface area contributed by atoms with Crippen molar-refractivity contribution in [2.24, 2.45) is 10.2 Å². The number of alkyl halides is 1. The molecular weight excluding hydrogens is 319 g/mol. The van der Waals surface area contributed by atoms with Gasteiger partial charge in [-0.2, -0.15) is 10.2 Å². The molecule has 1 heterocycles. The first-order chi connectivity index (χ1) is 10.7. The molecule has 2 aromatic rings. The fraction of sp³-hybridized carbons (Fsp3) is 0.125. The van der Waals surface area contributed by atoms with E-state index in [0.29, 0.717) is 16.6 Å². The van der Waals surface area contributed by atoms with E-state index in [1.54, 1.807) is 18.5 Å². The minimum atomic E-state index is 0.242. The van der Waals surface area contributed by atoms with E-state index < -0.39 is 0 Å². The van der Waals surface area contributed by atoms with E-state index in [1.165, 1.54) is 0 Å². The highest BCUT2D eigenvalue weighted by Gasteiger charge is 2.16. The molecule has 112 valence electrons. The molecule has 0 spiro atoms. The molecule has 1 aromatic carbocycles. The summed E-state index contributed by atoms with van der Waals surface area (Å²) in [6.45, 7) is 5.24. The van der Waals surface area contributed by atoms with Gasteiger partial charge in [0.2, 0.25) is 0 Å². The number of aromatic nitrogens is 2. The maximum Gasteiger partial charge on any atom is 0.156 e. The van der Waals surface area contributed by atoms with Crippen molar-refractivity contribution < 1.29 is 0 Å². The van der Waals surface area contributed by atoms with Crippen LogP contribution in [0.4, 0.5) is 0 Å². The summed E-state index contributed by atoms with van der Waals surface area (Å²) in [6, 6.07) is 9.17. The molecule has 0 N–H and O–H groups in total. The van der Waals surface area contributed by atoms with Crippen LogP contribution in [0.1, 0.15) is 18.3 Å². The minimum Gasteiger partial charge on any atom is -0.237 e. The maximum absolute atomic E-state index is 6.16. The number of rotatable bonds is 5. The van der Waals surface area contributed by atoms with E-state index in [-0.39, 0.29) is 5.88 Å². The van der Waals surface area contributed by atoms with Gasteiger partial charge in [-0.25, -0.2) is 9.97 Å². The predicted octanol–water partition coefficient (Wildman–Crippen LogP) is 4.36. The number of hydrogen-bond donors (Lipinski definition) is 0. The van der Waals surface area contributed by atoms with Crippen LogP contribution in [0, 0.1) is 0 Å². The molecule has 0 aliphatic carbocycles. The lowest BCUT2D eigenvalue weighted by molar-refractivity contribution is 1.11. The van der Waals surface area contributed by atoms with Gasteiger partial charge in [0.15, 0.2) is 5.82 Å². The molecule has 0 amide bonds. The van der Waals surface area contributed by atoms with E-state index in [1.807, 2.05) is 31.2 Å². The van der Waals surface area contributed by atoms with Crippen LogP contribution in [-0.2, 0) is 0 Å². The van der Waals surface area contributed by atoms with E-state index >= 15 is 0 Å². The monoisotopic (exact) mass is 332 g/mol. The average molecular weight is 333 g/mol. The van der Waals surface area contributed by atoms with Crippen LogP contribution in [0.5, 0.6) is 0 Å². The maximum atomic E-state index is 6.16. The summed E-state index contributed by atoms with van der Waals surface area (Å²) >= 11 is 12.1. The molecule has 0 aliphatic rings. The second kappa shape index (κ2) is 7.82. The Balaban J connectivity index is 2.70. The lowest BCUT2D eigenvalue weighted by Crippen LogP contribution is -2.05. The van der Waals surface area contributed by atoms with Crippen LogP contribution in [0.3, 0.4) is 0 Å². The minimum absolute atomic E-state index is 0.242. The Labute approximate surface area is 139 Å². The first-order valence-electron chi connectivity index (χ1n) is 6.50. The Morgan fingerprint density at radius 3 is 2.36 bits per heavy atom. The molecule has 0 saturated carbocycles. The van der Waals surface area contributed by atoms with Crippen molar-refractivity contribution in [3.05, 3.63) is 59.1 Å². The Hall–Kier alpha value is -2.04. The van der Waals surface area contributed by atoms with Gasteiger partial charge >= 0.3 is 0 Å². The van der Waals surface area contributed by atoms with Crippen molar-refractivity contribution in [1.29, 1.82) is 0 Å². The van der Waals surface area contributed by atoms with Gasteiger partial charge in [0.1, 0.15) is 0 Å². The first-order valence-corrected chi connectivity index (χ1v) is 7.41. The molecule has 0 radical (unpaired) electrons. The fourth-order valence-electron chi connectivity index (χ4n) is 2.07. The Morgan fingerprint density at radius 2 is 1.82 bits per heavy atom. The number of nitrogens with zero attached hydrogens (tertiary/aromatic N) is 4. The highest BCUT2D eigenvalue weighted by atomic mass is 35.5. The van der Waals surface area contributed by atoms with Gasteiger partial charge in [-0.3, -0.25) is 0 Å². The van der Waals surface area contributed by atoms with Gasteiger partial charge in [0.05, 0.1) is 11.6 Å². The van der Waals surface area contributed by atoms with Crippen molar-refractivity contribution in [2.75, 3.05) is 5.88 Å². The largest absolute Gasteiger partial charge is 0.237 e. The highest BCUT2D eigenvalue weighted by molar-refractivity contribution is 6.34. The molecule has 2 rings (SSSR count). The highest BCUT2D eigenvalue weighted by Crippen LogP contribution is 2.28. The number of halogens is 2. The van der Waals surface area contributed by atoms with Crippen LogP contribution in [-0.4, -0.2) is 28.3 Å². The molecule has 0 saturated heterocycles. The molecule has 0 atom stereocenters. The van der Waals surface area contributed by atoms with Crippen molar-refractivity contribution >= 4 is 46.8 Å². The van der Waals surface area contributed by atoms with E-state index in [4.69, 9.17) is 23.2 Å². The van der Waals surface area contributed by atoms with Crippen LogP contribution in [0.15, 0.2) is 52.9 Å². The zero-order valence-electron chi connectivity index (χ0n) is 12.0. The second-order valence-electron chi connectivity index (χ2n) is 4.39. The summed E-state index contributed by atoms with van der Waals surface area (Å²) in [7, 11) is 0. The summed E-state index contributed by atoms with van der Waals surface area (Å²) in [4.78, 5) is 8.55. The van der Waals surface area contributed by atoms with Gasteiger partial charge < -0.3 is 0 Å². The van der Waals surface area contributed by atoms with Crippen LogP contribution in [0.2, 0.25) is 5.02 Å². The van der Waals surface area contributed by atoms with Gasteiger partial charge in [-0.15, -0.1) is 11.6 Å². The Morgan fingerprint density at radius 1 is 1.18 bits per heavy atom. The third kappa shape index (κ3) is 3.78. The zero-order chi connectivity index (χ0) is 15.9. The van der Waals surface area contributed by atoms with Crippen LogP contribution >= 0.6 is 23.2 Å². The summed E-state index contributed by atoms with van der Waals surface area (Å²) in [5.41, 5.74) is 3.19. The second-order valence-corrected chi connectivity index (χ2v) is 5.10. The summed E-state index contributed by atoms with van der Waals surface area (Å²) < 4.78 is 0. The summed E-state index contributed by atoms with van der Waals surface area (Å²) in [6.07, 6.45) is 3.35. The normalized spacial score (nSPS) is 12.8. The third-order valence-electron chi connectivity index (χ3n) is 2.99. The smallest absolute Gasteiger partial charge is 0.156 e. The lowest BCUT2D eigenvalue weighted by atomic mass is 9.96. The topological polar surface area (TPSA) is 50.5 Å². The summed E-state index contributed by atoms with van der Waals surface area (Å²) in [5, 5.41) is 8.30. The SMILES string of the molecule is C=N/N=C(C)\C(=C(/CCl)c1ncccn1)c1ccc(Cl)cc1. The molecule has 22 heavy (non-hydrogen) atoms.